The second kappa shape index (κ2) is 3.73. The van der Waals surface area contributed by atoms with Crippen LogP contribution in [0.15, 0.2) is 24.3 Å². The number of aliphatic hydroxyl groups excluding tert-OH is 1. The Bertz CT molecular complexity index is 388. The molecule has 4 N–H and O–H groups in total. The predicted octanol–water partition coefficient (Wildman–Crippen LogP) is -0.206. The minimum Gasteiger partial charge on any atom is -0.392 e. The maximum absolute atomic E-state index is 10.7. The number of benzene rings is 1. The van der Waals surface area contributed by atoms with Gasteiger partial charge in [0.1, 0.15) is 0 Å². The molecule has 0 radical (unpaired) electrons. The normalized spacial score (nSPS) is 11.2. The molecule has 6 heteroatoms. The third kappa shape index (κ3) is 3.02. The van der Waals surface area contributed by atoms with Crippen LogP contribution in [0.3, 0.4) is 0 Å². The molecule has 0 aliphatic heterocycles. The molecule has 13 heavy (non-hydrogen) atoms. The van der Waals surface area contributed by atoms with E-state index in [2.05, 4.69) is 4.72 Å². The van der Waals surface area contributed by atoms with Crippen LogP contribution in [0, 0.1) is 0 Å². The number of hydrogen-bond donors (Lipinski definition) is 3. The van der Waals surface area contributed by atoms with Crippen molar-refractivity contribution < 1.29 is 13.5 Å². The molecule has 0 spiro atoms. The summed E-state index contributed by atoms with van der Waals surface area (Å²) in [6.45, 7) is -0.237. The van der Waals surface area contributed by atoms with E-state index in [1.54, 1.807) is 18.2 Å². The van der Waals surface area contributed by atoms with E-state index < -0.39 is 10.2 Å². The standard InChI is InChI=1S/C7H10N2O3S/c8-13(11,12)9-7-4-2-1-3-6(7)5-10/h1-4,9-10H,5H2,(H2,8,11,12). The summed E-state index contributed by atoms with van der Waals surface area (Å²) < 4.78 is 23.4. The smallest absolute Gasteiger partial charge is 0.296 e. The van der Waals surface area contributed by atoms with Crippen molar-refractivity contribution in [3.63, 3.8) is 0 Å². The van der Waals surface area contributed by atoms with E-state index in [9.17, 15) is 8.42 Å². The zero-order valence-electron chi connectivity index (χ0n) is 6.77. The molecule has 0 saturated heterocycles. The topological polar surface area (TPSA) is 92.4 Å². The third-order valence-corrected chi connectivity index (χ3v) is 1.94. The molecular weight excluding hydrogens is 192 g/mol. The average Bonchev–Trinajstić information content (AvgIpc) is 2.02. The maximum atomic E-state index is 10.7. The molecule has 0 aliphatic carbocycles. The van der Waals surface area contributed by atoms with Gasteiger partial charge in [-0.25, -0.2) is 5.14 Å². The predicted molar refractivity (Wildman–Crippen MR) is 49.1 cm³/mol. The van der Waals surface area contributed by atoms with Crippen LogP contribution in [-0.4, -0.2) is 13.5 Å². The highest BCUT2D eigenvalue weighted by molar-refractivity contribution is 7.90. The zero-order chi connectivity index (χ0) is 9.90. The SMILES string of the molecule is NS(=O)(=O)Nc1ccccc1CO. The Kier molecular flexibility index (Phi) is 2.86. The van der Waals surface area contributed by atoms with Gasteiger partial charge in [0, 0.05) is 5.56 Å². The number of anilines is 1. The highest BCUT2D eigenvalue weighted by Gasteiger charge is 2.05. The molecule has 1 rings (SSSR count). The Balaban J connectivity index is 3.01. The Morgan fingerprint density at radius 1 is 1.38 bits per heavy atom. The first-order chi connectivity index (χ1) is 6.03. The summed E-state index contributed by atoms with van der Waals surface area (Å²) in [6.07, 6.45) is 0. The van der Waals surface area contributed by atoms with E-state index in [0.29, 0.717) is 11.3 Å². The van der Waals surface area contributed by atoms with Crippen LogP contribution >= 0.6 is 0 Å². The summed E-state index contributed by atoms with van der Waals surface area (Å²) in [6, 6.07) is 6.47. The first-order valence-corrected chi connectivity index (χ1v) is 5.07. The number of nitrogens with one attached hydrogen (secondary N) is 1. The second-order valence-electron chi connectivity index (χ2n) is 2.46. The van der Waals surface area contributed by atoms with Gasteiger partial charge in [0.15, 0.2) is 0 Å². The summed E-state index contributed by atoms with van der Waals surface area (Å²) in [7, 11) is -3.77. The van der Waals surface area contributed by atoms with Gasteiger partial charge in [-0.2, -0.15) is 8.42 Å². The van der Waals surface area contributed by atoms with E-state index in [0.717, 1.165) is 0 Å². The van der Waals surface area contributed by atoms with Gasteiger partial charge in [-0.15, -0.1) is 0 Å². The number of aliphatic hydroxyl groups is 1. The number of nitrogens with two attached hydrogens (primary N) is 1. The lowest BCUT2D eigenvalue weighted by atomic mass is 10.2. The highest BCUT2D eigenvalue weighted by Crippen LogP contribution is 2.14. The first-order valence-electron chi connectivity index (χ1n) is 3.52. The van der Waals surface area contributed by atoms with Gasteiger partial charge in [-0.3, -0.25) is 4.72 Å². The molecule has 0 amide bonds. The molecular formula is C7H10N2O3S. The average molecular weight is 202 g/mol. The lowest BCUT2D eigenvalue weighted by Crippen LogP contribution is -2.22. The zero-order valence-corrected chi connectivity index (χ0v) is 7.58. The summed E-state index contributed by atoms with van der Waals surface area (Å²) in [5, 5.41) is 13.6. The molecule has 0 fully saturated rings. The summed E-state index contributed by atoms with van der Waals surface area (Å²) in [5.41, 5.74) is 0.782. The molecule has 0 bridgehead atoms. The lowest BCUT2D eigenvalue weighted by molar-refractivity contribution is 0.282. The minimum atomic E-state index is -3.77. The Morgan fingerprint density at radius 2 is 2.00 bits per heavy atom. The molecule has 0 aliphatic rings. The first kappa shape index (κ1) is 9.97. The molecule has 0 unspecified atom stereocenters. The van der Waals surface area contributed by atoms with Crippen molar-refractivity contribution in [1.82, 2.24) is 0 Å². The van der Waals surface area contributed by atoms with Gasteiger partial charge in [0.05, 0.1) is 12.3 Å². The van der Waals surface area contributed by atoms with Crippen molar-refractivity contribution >= 4 is 15.9 Å². The van der Waals surface area contributed by atoms with E-state index in [1.807, 2.05) is 0 Å². The van der Waals surface area contributed by atoms with Crippen LogP contribution in [0.25, 0.3) is 0 Å². The monoisotopic (exact) mass is 202 g/mol. The van der Waals surface area contributed by atoms with E-state index in [1.165, 1.54) is 6.07 Å². The Morgan fingerprint density at radius 3 is 2.54 bits per heavy atom. The van der Waals surface area contributed by atoms with Crippen LogP contribution in [-0.2, 0) is 16.8 Å². The van der Waals surface area contributed by atoms with Gasteiger partial charge < -0.3 is 5.11 Å². The quantitative estimate of drug-likeness (QED) is 0.633. The molecule has 0 aromatic heterocycles. The molecule has 0 saturated carbocycles. The number of para-hydroxylation sites is 1. The number of rotatable bonds is 3. The van der Waals surface area contributed by atoms with Crippen molar-refractivity contribution in [3.05, 3.63) is 29.8 Å². The Labute approximate surface area is 76.4 Å². The van der Waals surface area contributed by atoms with Gasteiger partial charge >= 0.3 is 0 Å². The van der Waals surface area contributed by atoms with E-state index in [4.69, 9.17) is 10.2 Å². The van der Waals surface area contributed by atoms with Gasteiger partial charge in [0.2, 0.25) is 0 Å². The lowest BCUT2D eigenvalue weighted by Gasteiger charge is -2.07. The highest BCUT2D eigenvalue weighted by atomic mass is 32.2. The largest absolute Gasteiger partial charge is 0.392 e. The van der Waals surface area contributed by atoms with E-state index >= 15 is 0 Å². The van der Waals surface area contributed by atoms with Crippen LogP contribution in [0.5, 0.6) is 0 Å². The van der Waals surface area contributed by atoms with Crippen molar-refractivity contribution in [2.45, 2.75) is 6.61 Å². The molecule has 0 atom stereocenters. The minimum absolute atomic E-state index is 0.237. The van der Waals surface area contributed by atoms with Crippen molar-refractivity contribution in [2.24, 2.45) is 5.14 Å². The third-order valence-electron chi connectivity index (χ3n) is 1.44. The molecule has 5 nitrogen and oxygen atoms in total. The van der Waals surface area contributed by atoms with Crippen LogP contribution < -0.4 is 9.86 Å². The van der Waals surface area contributed by atoms with Crippen LogP contribution in [0.1, 0.15) is 5.56 Å². The van der Waals surface area contributed by atoms with Gasteiger partial charge in [-0.1, -0.05) is 18.2 Å². The van der Waals surface area contributed by atoms with Crippen molar-refractivity contribution in [3.8, 4) is 0 Å². The van der Waals surface area contributed by atoms with Gasteiger partial charge in [0.25, 0.3) is 10.2 Å². The van der Waals surface area contributed by atoms with Crippen molar-refractivity contribution in [1.29, 1.82) is 0 Å². The summed E-state index contributed by atoms with van der Waals surface area (Å²) >= 11 is 0. The number of hydrogen-bond acceptors (Lipinski definition) is 3. The summed E-state index contributed by atoms with van der Waals surface area (Å²) in [4.78, 5) is 0. The van der Waals surface area contributed by atoms with Crippen LogP contribution in [0.4, 0.5) is 5.69 Å². The molecule has 72 valence electrons. The molecule has 0 heterocycles. The van der Waals surface area contributed by atoms with Crippen LogP contribution in [0.2, 0.25) is 0 Å². The fourth-order valence-corrected chi connectivity index (χ4v) is 1.42. The Hall–Kier alpha value is -1.11. The van der Waals surface area contributed by atoms with Crippen molar-refractivity contribution in [2.75, 3.05) is 4.72 Å². The molecule has 1 aromatic carbocycles. The fraction of sp³-hybridized carbons (Fsp3) is 0.143. The maximum Gasteiger partial charge on any atom is 0.296 e. The summed E-state index contributed by atoms with van der Waals surface area (Å²) in [5.74, 6) is 0. The van der Waals surface area contributed by atoms with E-state index in [-0.39, 0.29) is 6.61 Å². The second-order valence-corrected chi connectivity index (χ2v) is 3.76. The van der Waals surface area contributed by atoms with Gasteiger partial charge in [-0.05, 0) is 6.07 Å². The molecule has 1 aromatic rings. The fourth-order valence-electron chi connectivity index (χ4n) is 0.911.